The molecule has 8 aromatic heterocycles. The van der Waals surface area contributed by atoms with Crippen LogP contribution in [-0.4, -0.2) is 41.3 Å². The molecule has 0 radical (unpaired) electrons. The SMILES string of the molecule is CCCCCCc1ccc(-c2ccnc(-c3cc(C(F)(F)F)n[n-]3)c2)s1.[C-]#[N+]/C=C/c1ccc(-c2ccnc(-c3cc(-c4ccc(/C=C(/[N+]#[C-])C(=O)O)s4)cc(-c4ccccn4)n3)c2)s1.[N-]=C=S.[Ru+2]. The average molecular weight is 1080 g/mol. The number of halogens is 3. The molecule has 11 nitrogen and oxygen atoms in total. The molecule has 0 aliphatic rings. The zero-order valence-electron chi connectivity index (χ0n) is 36.2. The molecule has 8 heterocycles. The van der Waals surface area contributed by atoms with Gasteiger partial charge in [-0.25, -0.2) is 14.7 Å². The van der Waals surface area contributed by atoms with E-state index in [1.807, 2.05) is 66.7 Å². The summed E-state index contributed by atoms with van der Waals surface area (Å²) in [6.07, 6.45) is 11.1. The Kier molecular flexibility index (Phi) is 20.0. The van der Waals surface area contributed by atoms with Gasteiger partial charge >= 0.3 is 31.6 Å². The van der Waals surface area contributed by atoms with Crippen LogP contribution in [0.4, 0.5) is 13.2 Å². The fraction of sp³-hybridized carbons (Fsp3) is 0.140. The minimum Gasteiger partial charge on any atom is -0.753 e. The van der Waals surface area contributed by atoms with Crippen molar-refractivity contribution in [3.8, 4) is 65.5 Å². The molecule has 8 rings (SSSR count). The normalized spacial score (nSPS) is 11.0. The summed E-state index contributed by atoms with van der Waals surface area (Å²) in [5.41, 5.74) is 4.73. The number of pyridine rings is 4. The molecular formula is C50H36F3N9O2RuS4. The average Bonchev–Trinajstić information content (AvgIpc) is 4.21. The van der Waals surface area contributed by atoms with E-state index in [0.29, 0.717) is 33.3 Å². The van der Waals surface area contributed by atoms with Gasteiger partial charge in [-0.2, -0.15) is 18.3 Å². The number of rotatable bonds is 14. The predicted octanol–water partition coefficient (Wildman–Crippen LogP) is 14.5. The fourth-order valence-corrected chi connectivity index (χ4v) is 9.30. The third kappa shape index (κ3) is 15.0. The Balaban J connectivity index is 0.000000257. The summed E-state index contributed by atoms with van der Waals surface area (Å²) in [5, 5.41) is 24.5. The molecule has 0 bridgehead atoms. The van der Waals surface area contributed by atoms with Crippen LogP contribution >= 0.6 is 46.2 Å². The largest absolute Gasteiger partial charge is 2.00 e. The second-order valence-electron chi connectivity index (χ2n) is 14.3. The van der Waals surface area contributed by atoms with E-state index in [-0.39, 0.29) is 30.9 Å². The number of alkyl halides is 3. The van der Waals surface area contributed by atoms with Crippen molar-refractivity contribution in [2.75, 3.05) is 0 Å². The standard InChI is InChI=1S/C30H17N5O2S2.C19H19F3N3S.CNS.Ru/c1-31-13-11-21-6-8-28(38-21)19-10-14-34-24(15-19)26-17-20(16-25(35-26)23-5-3-4-12-33-23)29-9-7-22(39-29)18-27(32-2)30(36)37;1-2-3-4-5-6-14-7-8-17(26-14)13-9-10-23-15(11-13)16-12-18(25-24-16)19(20,21)22;2-1-3;/h3-18H,(H,36,37);7-12H,2-6H2,1H3;;/q;2*-1;+2/b13-11+,27-18+;;;. The second-order valence-corrected chi connectivity index (χ2v) is 17.9. The van der Waals surface area contributed by atoms with Crippen LogP contribution in [-0.2, 0) is 36.9 Å². The monoisotopic (exact) mass is 1080 g/mol. The Morgan fingerprint density at radius 3 is 2.03 bits per heavy atom. The first-order chi connectivity index (χ1) is 32.9. The molecule has 0 atom stereocenters. The number of hydrogen-bond acceptors (Lipinski definition) is 10. The quantitative estimate of drug-likeness (QED) is 0.0281. The Morgan fingerprint density at radius 1 is 0.783 bits per heavy atom. The van der Waals surface area contributed by atoms with Gasteiger partial charge in [0.2, 0.25) is 0 Å². The molecule has 0 aromatic carbocycles. The number of aliphatic carboxylic acids is 1. The van der Waals surface area contributed by atoms with Crippen LogP contribution in [0.3, 0.4) is 0 Å². The number of carboxylic acid groups (broad SMARTS) is 1. The smallest absolute Gasteiger partial charge is 0.753 e. The van der Waals surface area contributed by atoms with Gasteiger partial charge in [-0.15, -0.1) is 34.0 Å². The first-order valence-electron chi connectivity index (χ1n) is 20.5. The maximum Gasteiger partial charge on any atom is 2.00 e. The van der Waals surface area contributed by atoms with Crippen molar-refractivity contribution in [1.82, 2.24) is 30.1 Å². The van der Waals surface area contributed by atoms with Crippen molar-refractivity contribution < 1.29 is 42.6 Å². The Labute approximate surface area is 426 Å². The number of unbranched alkanes of at least 4 members (excludes halogenated alkanes) is 3. The number of hydrogen-bond donors (Lipinski definition) is 1. The summed E-state index contributed by atoms with van der Waals surface area (Å²) in [6.45, 7) is 16.3. The Hall–Kier alpha value is -6.95. The van der Waals surface area contributed by atoms with Gasteiger partial charge in [-0.3, -0.25) is 19.7 Å². The number of nitrogens with zero attached hydrogens (tertiary/aromatic N) is 9. The predicted molar refractivity (Wildman–Crippen MR) is 268 cm³/mol. The molecule has 69 heavy (non-hydrogen) atoms. The number of thiocarbonyl (C=S) groups is 1. The minimum atomic E-state index is -4.50. The van der Waals surface area contributed by atoms with Gasteiger partial charge in [0.05, 0.1) is 41.6 Å². The van der Waals surface area contributed by atoms with Crippen molar-refractivity contribution in [2.45, 2.75) is 45.2 Å². The van der Waals surface area contributed by atoms with E-state index in [1.54, 1.807) is 59.5 Å². The van der Waals surface area contributed by atoms with Crippen molar-refractivity contribution >= 4 is 69.5 Å². The van der Waals surface area contributed by atoms with Crippen molar-refractivity contribution in [2.24, 2.45) is 0 Å². The summed E-state index contributed by atoms with van der Waals surface area (Å²) in [7, 11) is 0. The zero-order chi connectivity index (χ0) is 48.5. The van der Waals surface area contributed by atoms with E-state index in [4.69, 9.17) is 23.5 Å². The molecule has 0 aliphatic carbocycles. The summed E-state index contributed by atoms with van der Waals surface area (Å²) in [4.78, 5) is 41.7. The van der Waals surface area contributed by atoms with Gasteiger partial charge in [0, 0.05) is 47.9 Å². The molecule has 0 fully saturated rings. The number of isothiocyanates is 1. The van der Waals surface area contributed by atoms with Crippen molar-refractivity contribution in [1.29, 1.82) is 0 Å². The first kappa shape index (κ1) is 53.0. The maximum absolute atomic E-state index is 12.7. The minimum absolute atomic E-state index is 0. The number of carbonyl (C=O) groups is 1. The molecule has 8 aromatic rings. The summed E-state index contributed by atoms with van der Waals surface area (Å²) < 4.78 is 38.1. The van der Waals surface area contributed by atoms with E-state index in [1.165, 1.54) is 59.3 Å². The van der Waals surface area contributed by atoms with Crippen LogP contribution in [0.2, 0.25) is 0 Å². The third-order valence-corrected chi connectivity index (χ3v) is 13.0. The van der Waals surface area contributed by atoms with Gasteiger partial charge in [0.15, 0.2) is 6.20 Å². The van der Waals surface area contributed by atoms with E-state index >= 15 is 0 Å². The van der Waals surface area contributed by atoms with Crippen LogP contribution in [0.1, 0.15) is 52.9 Å². The van der Waals surface area contributed by atoms with Crippen molar-refractivity contribution in [3.05, 3.63) is 176 Å². The van der Waals surface area contributed by atoms with Gasteiger partial charge < -0.3 is 20.7 Å². The molecule has 1 N–H and O–H groups in total. The van der Waals surface area contributed by atoms with E-state index in [0.717, 1.165) is 48.7 Å². The topological polar surface area (TPSA) is 147 Å². The van der Waals surface area contributed by atoms with E-state index < -0.39 is 17.8 Å². The van der Waals surface area contributed by atoms with Crippen LogP contribution in [0.15, 0.2) is 128 Å². The Morgan fingerprint density at radius 2 is 1.39 bits per heavy atom. The zero-order valence-corrected chi connectivity index (χ0v) is 41.2. The van der Waals surface area contributed by atoms with E-state index in [9.17, 15) is 23.1 Å². The van der Waals surface area contributed by atoms with Crippen LogP contribution in [0, 0.1) is 13.1 Å². The van der Waals surface area contributed by atoms with Crippen LogP contribution in [0.25, 0.3) is 92.7 Å². The summed E-state index contributed by atoms with van der Waals surface area (Å²) in [5.74, 6) is -1.25. The van der Waals surface area contributed by atoms with Crippen LogP contribution in [0.5, 0.6) is 0 Å². The van der Waals surface area contributed by atoms with Crippen LogP contribution < -0.4 is 5.10 Å². The molecule has 346 valence electrons. The van der Waals surface area contributed by atoms with Gasteiger partial charge in [0.1, 0.15) is 5.69 Å². The second kappa shape index (κ2) is 26.0. The maximum atomic E-state index is 12.7. The first-order valence-corrected chi connectivity index (χ1v) is 23.4. The van der Waals surface area contributed by atoms with Gasteiger partial charge in [-0.05, 0) is 133 Å². The van der Waals surface area contributed by atoms with Crippen molar-refractivity contribution in [3.63, 3.8) is 0 Å². The van der Waals surface area contributed by atoms with E-state index in [2.05, 4.69) is 66.1 Å². The fourth-order valence-electron chi connectivity index (χ4n) is 6.42. The molecule has 0 saturated carbocycles. The number of carboxylic acids is 1. The third-order valence-electron chi connectivity index (χ3n) is 9.60. The molecule has 0 saturated heterocycles. The summed E-state index contributed by atoms with van der Waals surface area (Å²) >= 11 is 8.39. The number of aromatic nitrogens is 6. The Bertz CT molecular complexity index is 3180. The molecule has 0 aliphatic heterocycles. The molecule has 0 spiro atoms. The summed E-state index contributed by atoms with van der Waals surface area (Å²) in [6, 6.07) is 29.9. The van der Waals surface area contributed by atoms with Gasteiger partial charge in [0.25, 0.3) is 5.70 Å². The molecule has 0 amide bonds. The molecule has 0 unspecified atom stereocenters. The van der Waals surface area contributed by atoms with Gasteiger partial charge in [-0.1, -0.05) is 50.2 Å². The molecular weight excluding hydrogens is 1040 g/mol. The molecule has 19 heteroatoms. The number of thiophene rings is 3. The number of aryl methyl sites for hydroxylation is 1.